The van der Waals surface area contributed by atoms with Gasteiger partial charge in [-0.3, -0.25) is 9.89 Å². The van der Waals surface area contributed by atoms with Crippen molar-refractivity contribution in [2.75, 3.05) is 39.8 Å². The summed E-state index contributed by atoms with van der Waals surface area (Å²) in [6, 6.07) is 0.688. The van der Waals surface area contributed by atoms with Gasteiger partial charge in [0.05, 0.1) is 0 Å². The van der Waals surface area contributed by atoms with E-state index in [0.717, 1.165) is 38.7 Å². The molecule has 0 radical (unpaired) electrons. The summed E-state index contributed by atoms with van der Waals surface area (Å²) in [6.07, 6.45) is 3.71. The summed E-state index contributed by atoms with van der Waals surface area (Å²) in [5, 5.41) is 3.54. The van der Waals surface area contributed by atoms with Crippen LogP contribution >= 0.6 is 24.0 Å². The minimum Gasteiger partial charge on any atom is -0.356 e. The molecule has 22 heavy (non-hydrogen) atoms. The molecule has 132 valence electrons. The monoisotopic (exact) mass is 424 g/mol. The number of guanidine groups is 1. The van der Waals surface area contributed by atoms with Crippen LogP contribution in [0.2, 0.25) is 0 Å². The van der Waals surface area contributed by atoms with Crippen LogP contribution in [0.4, 0.5) is 0 Å². The van der Waals surface area contributed by atoms with Gasteiger partial charge in [-0.15, -0.1) is 24.0 Å². The minimum atomic E-state index is 0. The Morgan fingerprint density at radius 1 is 1.27 bits per heavy atom. The van der Waals surface area contributed by atoms with Crippen molar-refractivity contribution in [3.05, 3.63) is 0 Å². The van der Waals surface area contributed by atoms with Gasteiger partial charge < -0.3 is 10.2 Å². The minimum absolute atomic E-state index is 0. The Hall–Kier alpha value is -0.0400. The van der Waals surface area contributed by atoms with Crippen molar-refractivity contribution in [2.24, 2.45) is 10.4 Å². The van der Waals surface area contributed by atoms with Crippen molar-refractivity contribution in [1.29, 1.82) is 0 Å². The molecule has 0 spiro atoms. The predicted molar refractivity (Wildman–Crippen MR) is 108 cm³/mol. The summed E-state index contributed by atoms with van der Waals surface area (Å²) in [6.45, 7) is 17.0. The SMILES string of the molecule is CCN(CC)C1CCN(C(=NC)NCCCC(C)(C)C)C1.I. The lowest BCUT2D eigenvalue weighted by atomic mass is 9.91. The molecular weight excluding hydrogens is 387 g/mol. The smallest absolute Gasteiger partial charge is 0.193 e. The fraction of sp³-hybridized carbons (Fsp3) is 0.941. The Labute approximate surface area is 155 Å². The molecule has 5 heteroatoms. The fourth-order valence-electron chi connectivity index (χ4n) is 3.12. The zero-order chi connectivity index (χ0) is 15.9. The highest BCUT2D eigenvalue weighted by atomic mass is 127. The number of nitrogens with zero attached hydrogens (tertiary/aromatic N) is 3. The number of hydrogen-bond acceptors (Lipinski definition) is 2. The molecule has 1 heterocycles. The largest absolute Gasteiger partial charge is 0.356 e. The van der Waals surface area contributed by atoms with E-state index in [1.54, 1.807) is 0 Å². The highest BCUT2D eigenvalue weighted by molar-refractivity contribution is 14.0. The Balaban J connectivity index is 0.00000441. The molecule has 1 aliphatic heterocycles. The second kappa shape index (κ2) is 10.7. The maximum atomic E-state index is 4.46. The van der Waals surface area contributed by atoms with Gasteiger partial charge in [0.15, 0.2) is 5.96 Å². The van der Waals surface area contributed by atoms with Gasteiger partial charge in [-0.1, -0.05) is 34.6 Å². The van der Waals surface area contributed by atoms with E-state index in [4.69, 9.17) is 0 Å². The fourth-order valence-corrected chi connectivity index (χ4v) is 3.12. The van der Waals surface area contributed by atoms with Crippen LogP contribution in [0.3, 0.4) is 0 Å². The number of hydrogen-bond donors (Lipinski definition) is 1. The van der Waals surface area contributed by atoms with E-state index in [-0.39, 0.29) is 24.0 Å². The van der Waals surface area contributed by atoms with Crippen molar-refractivity contribution in [1.82, 2.24) is 15.1 Å². The molecule has 1 atom stereocenters. The summed E-state index contributed by atoms with van der Waals surface area (Å²) in [5.74, 6) is 1.08. The maximum absolute atomic E-state index is 4.46. The third kappa shape index (κ3) is 7.49. The van der Waals surface area contributed by atoms with Crippen molar-refractivity contribution in [2.45, 2.75) is 59.9 Å². The number of rotatable bonds is 6. The number of nitrogens with one attached hydrogen (secondary N) is 1. The molecule has 1 rings (SSSR count). The van der Waals surface area contributed by atoms with Crippen LogP contribution in [-0.4, -0.2) is 61.6 Å². The zero-order valence-corrected chi connectivity index (χ0v) is 17.8. The first-order valence-corrected chi connectivity index (χ1v) is 8.61. The first-order chi connectivity index (χ1) is 9.91. The average molecular weight is 424 g/mol. The van der Waals surface area contributed by atoms with E-state index in [1.807, 2.05) is 7.05 Å². The summed E-state index contributed by atoms with van der Waals surface area (Å²) in [7, 11) is 1.90. The van der Waals surface area contributed by atoms with Crippen LogP contribution < -0.4 is 5.32 Å². The van der Waals surface area contributed by atoms with E-state index in [9.17, 15) is 0 Å². The van der Waals surface area contributed by atoms with Crippen LogP contribution in [0.5, 0.6) is 0 Å². The molecule has 1 fully saturated rings. The van der Waals surface area contributed by atoms with E-state index in [2.05, 4.69) is 54.7 Å². The van der Waals surface area contributed by atoms with Gasteiger partial charge in [0.25, 0.3) is 0 Å². The van der Waals surface area contributed by atoms with Crippen LogP contribution in [0.25, 0.3) is 0 Å². The van der Waals surface area contributed by atoms with Crippen molar-refractivity contribution >= 4 is 29.9 Å². The maximum Gasteiger partial charge on any atom is 0.193 e. The number of likely N-dealkylation sites (N-methyl/N-ethyl adjacent to an activating group) is 1. The number of aliphatic imine (C=N–C) groups is 1. The molecule has 1 N–H and O–H groups in total. The normalized spacial score (nSPS) is 19.5. The first kappa shape index (κ1) is 22.0. The molecule has 0 bridgehead atoms. The molecule has 0 saturated carbocycles. The lowest BCUT2D eigenvalue weighted by molar-refractivity contribution is 0.223. The third-order valence-electron chi connectivity index (χ3n) is 4.39. The van der Waals surface area contributed by atoms with Gasteiger partial charge in [0.2, 0.25) is 0 Å². The topological polar surface area (TPSA) is 30.9 Å². The second-order valence-electron chi connectivity index (χ2n) is 7.25. The van der Waals surface area contributed by atoms with Crippen molar-refractivity contribution in [3.8, 4) is 0 Å². The molecule has 0 aromatic carbocycles. The van der Waals surface area contributed by atoms with Crippen LogP contribution in [0.15, 0.2) is 4.99 Å². The Kier molecular flexibility index (Phi) is 10.7. The summed E-state index contributed by atoms with van der Waals surface area (Å²) in [4.78, 5) is 9.44. The van der Waals surface area contributed by atoms with Gasteiger partial charge in [-0.25, -0.2) is 0 Å². The van der Waals surface area contributed by atoms with E-state index in [0.29, 0.717) is 11.5 Å². The van der Waals surface area contributed by atoms with Gasteiger partial charge in [0, 0.05) is 32.7 Å². The lowest BCUT2D eigenvalue weighted by Crippen LogP contribution is -2.43. The Bertz CT molecular complexity index is 321. The third-order valence-corrected chi connectivity index (χ3v) is 4.39. The van der Waals surface area contributed by atoms with Gasteiger partial charge in [-0.05, 0) is 37.8 Å². The number of likely N-dealkylation sites (tertiary alicyclic amines) is 1. The van der Waals surface area contributed by atoms with E-state index < -0.39 is 0 Å². The molecule has 1 saturated heterocycles. The summed E-state index contributed by atoms with van der Waals surface area (Å²) < 4.78 is 0. The molecule has 0 aliphatic carbocycles. The van der Waals surface area contributed by atoms with Gasteiger partial charge in [0.1, 0.15) is 0 Å². The van der Waals surface area contributed by atoms with Crippen molar-refractivity contribution < 1.29 is 0 Å². The second-order valence-corrected chi connectivity index (χ2v) is 7.25. The molecule has 0 aromatic rings. The van der Waals surface area contributed by atoms with E-state index >= 15 is 0 Å². The first-order valence-electron chi connectivity index (χ1n) is 8.61. The predicted octanol–water partition coefficient (Wildman–Crippen LogP) is 3.42. The average Bonchev–Trinajstić information content (AvgIpc) is 2.88. The standard InChI is InChI=1S/C17H36N4.HI/c1-7-20(8-2)15-10-13-21(14-15)16(18-6)19-12-9-11-17(3,4)5;/h15H,7-14H2,1-6H3,(H,18,19);1H. The summed E-state index contributed by atoms with van der Waals surface area (Å²) >= 11 is 0. The lowest BCUT2D eigenvalue weighted by Gasteiger charge is -2.27. The quantitative estimate of drug-likeness (QED) is 0.307. The zero-order valence-electron chi connectivity index (χ0n) is 15.5. The molecule has 1 unspecified atom stereocenters. The van der Waals surface area contributed by atoms with Crippen LogP contribution in [0, 0.1) is 5.41 Å². The molecule has 1 aliphatic rings. The van der Waals surface area contributed by atoms with Crippen molar-refractivity contribution in [3.63, 3.8) is 0 Å². The summed E-state index contributed by atoms with van der Waals surface area (Å²) in [5.41, 5.74) is 0.423. The molecule has 4 nitrogen and oxygen atoms in total. The Morgan fingerprint density at radius 3 is 2.41 bits per heavy atom. The van der Waals surface area contributed by atoms with Gasteiger partial charge in [-0.2, -0.15) is 0 Å². The highest BCUT2D eigenvalue weighted by Crippen LogP contribution is 2.20. The molecule has 0 aromatic heterocycles. The number of halogens is 1. The van der Waals surface area contributed by atoms with Crippen LogP contribution in [0.1, 0.15) is 53.9 Å². The van der Waals surface area contributed by atoms with E-state index in [1.165, 1.54) is 19.3 Å². The van der Waals surface area contributed by atoms with Gasteiger partial charge >= 0.3 is 0 Å². The highest BCUT2D eigenvalue weighted by Gasteiger charge is 2.27. The van der Waals surface area contributed by atoms with Crippen LogP contribution in [-0.2, 0) is 0 Å². The molecular formula is C17H37IN4. The Morgan fingerprint density at radius 2 is 1.91 bits per heavy atom. The molecule has 0 amide bonds.